The SMILES string of the molecule is Cc1ccc(-n2nc(C(=O)Nc3ccc(Br)cc3)nc2-c2ccc(Cl)cc2)cc1C. The standard InChI is InChI=1S/C23H18BrClN4O/c1-14-3-12-20(13-15(14)2)29-22(16-4-8-18(25)9-5-16)27-21(28-29)23(30)26-19-10-6-17(24)7-11-19/h3-13H,1-2H3,(H,26,30). The molecule has 0 fully saturated rings. The predicted molar refractivity (Wildman–Crippen MR) is 123 cm³/mol. The van der Waals surface area contributed by atoms with Crippen molar-refractivity contribution in [2.45, 2.75) is 13.8 Å². The van der Waals surface area contributed by atoms with Crippen molar-refractivity contribution in [1.29, 1.82) is 0 Å². The average molecular weight is 482 g/mol. The van der Waals surface area contributed by atoms with Gasteiger partial charge < -0.3 is 5.32 Å². The highest BCUT2D eigenvalue weighted by Crippen LogP contribution is 2.24. The van der Waals surface area contributed by atoms with Crippen LogP contribution in [0.2, 0.25) is 5.02 Å². The van der Waals surface area contributed by atoms with Gasteiger partial charge in [-0.05, 0) is 85.6 Å². The van der Waals surface area contributed by atoms with Crippen LogP contribution in [0.15, 0.2) is 71.2 Å². The summed E-state index contributed by atoms with van der Waals surface area (Å²) in [5.74, 6) is 0.270. The second kappa shape index (κ2) is 8.42. The number of carbonyl (C=O) groups excluding carboxylic acids is 1. The molecule has 0 bridgehead atoms. The molecular weight excluding hydrogens is 464 g/mol. The second-order valence-corrected chi connectivity index (χ2v) is 8.26. The number of hydrogen-bond donors (Lipinski definition) is 1. The number of amides is 1. The van der Waals surface area contributed by atoms with Crippen molar-refractivity contribution in [2.24, 2.45) is 0 Å². The lowest BCUT2D eigenvalue weighted by Crippen LogP contribution is -2.14. The summed E-state index contributed by atoms with van der Waals surface area (Å²) in [6.45, 7) is 4.09. The zero-order valence-corrected chi connectivity index (χ0v) is 18.7. The number of rotatable bonds is 4. The number of nitrogens with one attached hydrogen (secondary N) is 1. The maximum atomic E-state index is 12.8. The van der Waals surface area contributed by atoms with Crippen LogP contribution < -0.4 is 5.32 Å². The molecule has 0 atom stereocenters. The molecule has 0 spiro atoms. The van der Waals surface area contributed by atoms with Crippen molar-refractivity contribution in [1.82, 2.24) is 14.8 Å². The number of aryl methyl sites for hydroxylation is 2. The molecule has 7 heteroatoms. The molecule has 4 rings (SSSR count). The summed E-state index contributed by atoms with van der Waals surface area (Å²) in [5.41, 5.74) is 4.62. The highest BCUT2D eigenvalue weighted by atomic mass is 79.9. The molecule has 0 saturated carbocycles. The lowest BCUT2D eigenvalue weighted by molar-refractivity contribution is 0.101. The molecule has 4 aromatic rings. The van der Waals surface area contributed by atoms with Crippen molar-refractivity contribution in [3.8, 4) is 17.1 Å². The van der Waals surface area contributed by atoms with Gasteiger partial charge in [-0.25, -0.2) is 9.67 Å². The third kappa shape index (κ3) is 4.30. The minimum absolute atomic E-state index is 0.0843. The Balaban J connectivity index is 1.76. The molecule has 1 N–H and O–H groups in total. The van der Waals surface area contributed by atoms with Crippen LogP contribution in [0.4, 0.5) is 5.69 Å². The molecule has 150 valence electrons. The first-order chi connectivity index (χ1) is 14.4. The van der Waals surface area contributed by atoms with Crippen LogP contribution in [0.25, 0.3) is 17.1 Å². The van der Waals surface area contributed by atoms with E-state index < -0.39 is 0 Å². The number of hydrogen-bond acceptors (Lipinski definition) is 3. The van der Waals surface area contributed by atoms with E-state index in [2.05, 4.69) is 38.3 Å². The van der Waals surface area contributed by atoms with Crippen LogP contribution in [0.5, 0.6) is 0 Å². The van der Waals surface area contributed by atoms with Crippen LogP contribution >= 0.6 is 27.5 Å². The summed E-state index contributed by atoms with van der Waals surface area (Å²) in [7, 11) is 0. The van der Waals surface area contributed by atoms with E-state index in [1.807, 2.05) is 61.5 Å². The molecular formula is C23H18BrClN4O. The molecule has 0 aliphatic carbocycles. The van der Waals surface area contributed by atoms with E-state index in [0.717, 1.165) is 21.3 Å². The summed E-state index contributed by atoms with van der Waals surface area (Å²) in [6, 6.07) is 20.7. The van der Waals surface area contributed by atoms with Gasteiger partial charge in [-0.3, -0.25) is 4.79 Å². The zero-order valence-electron chi connectivity index (χ0n) is 16.4. The van der Waals surface area contributed by atoms with Crippen molar-refractivity contribution >= 4 is 39.1 Å². The highest BCUT2D eigenvalue weighted by Gasteiger charge is 2.19. The second-order valence-electron chi connectivity index (χ2n) is 6.91. The summed E-state index contributed by atoms with van der Waals surface area (Å²) < 4.78 is 2.62. The number of nitrogens with zero attached hydrogens (tertiary/aromatic N) is 3. The first-order valence-corrected chi connectivity index (χ1v) is 10.5. The molecule has 1 heterocycles. The van der Waals surface area contributed by atoms with Crippen LogP contribution in [-0.2, 0) is 0 Å². The van der Waals surface area contributed by atoms with Crippen LogP contribution in [-0.4, -0.2) is 20.7 Å². The van der Waals surface area contributed by atoms with E-state index in [-0.39, 0.29) is 11.7 Å². The van der Waals surface area contributed by atoms with Crippen molar-refractivity contribution in [3.05, 3.63) is 93.2 Å². The van der Waals surface area contributed by atoms with Crippen molar-refractivity contribution < 1.29 is 4.79 Å². The Morgan fingerprint density at radius 2 is 1.67 bits per heavy atom. The molecule has 5 nitrogen and oxygen atoms in total. The fraction of sp³-hybridized carbons (Fsp3) is 0.0870. The molecule has 30 heavy (non-hydrogen) atoms. The molecule has 0 saturated heterocycles. The Bertz CT molecular complexity index is 1220. The normalized spacial score (nSPS) is 10.8. The number of anilines is 1. The van der Waals surface area contributed by atoms with Crippen LogP contribution in [0.1, 0.15) is 21.7 Å². The van der Waals surface area contributed by atoms with Crippen LogP contribution in [0, 0.1) is 13.8 Å². The number of halogens is 2. The fourth-order valence-corrected chi connectivity index (χ4v) is 3.34. The molecule has 1 amide bonds. The van der Waals surface area contributed by atoms with E-state index >= 15 is 0 Å². The molecule has 0 unspecified atom stereocenters. The largest absolute Gasteiger partial charge is 0.319 e. The summed E-state index contributed by atoms with van der Waals surface area (Å²) in [4.78, 5) is 17.4. The lowest BCUT2D eigenvalue weighted by atomic mass is 10.1. The van der Waals surface area contributed by atoms with Gasteiger partial charge in [0.05, 0.1) is 5.69 Å². The third-order valence-electron chi connectivity index (χ3n) is 4.75. The van der Waals surface area contributed by atoms with Gasteiger partial charge in [-0.2, -0.15) is 0 Å². The smallest absolute Gasteiger partial charge is 0.295 e. The predicted octanol–water partition coefficient (Wildman–Crippen LogP) is 6.22. The highest BCUT2D eigenvalue weighted by molar-refractivity contribution is 9.10. The van der Waals surface area contributed by atoms with Gasteiger partial charge in [0.15, 0.2) is 5.82 Å². The molecule has 1 aromatic heterocycles. The van der Waals surface area contributed by atoms with E-state index in [1.54, 1.807) is 16.8 Å². The zero-order chi connectivity index (χ0) is 21.3. The Morgan fingerprint density at radius 1 is 0.967 bits per heavy atom. The van der Waals surface area contributed by atoms with Gasteiger partial charge in [0, 0.05) is 20.7 Å². The van der Waals surface area contributed by atoms with E-state index in [4.69, 9.17) is 11.6 Å². The van der Waals surface area contributed by atoms with Gasteiger partial charge in [0.1, 0.15) is 0 Å². The molecule has 0 aliphatic heterocycles. The Kier molecular flexibility index (Phi) is 5.70. The molecule has 0 radical (unpaired) electrons. The molecule has 0 aliphatic rings. The van der Waals surface area contributed by atoms with Gasteiger partial charge in [0.2, 0.25) is 5.82 Å². The van der Waals surface area contributed by atoms with E-state index in [9.17, 15) is 4.79 Å². The summed E-state index contributed by atoms with van der Waals surface area (Å²) in [6.07, 6.45) is 0. The van der Waals surface area contributed by atoms with Gasteiger partial charge in [-0.15, -0.1) is 5.10 Å². The Labute approximate surface area is 187 Å². The van der Waals surface area contributed by atoms with Crippen molar-refractivity contribution in [3.63, 3.8) is 0 Å². The summed E-state index contributed by atoms with van der Waals surface area (Å²) >= 11 is 9.43. The van der Waals surface area contributed by atoms with Gasteiger partial charge >= 0.3 is 0 Å². The number of benzene rings is 3. The minimum atomic E-state index is -0.380. The summed E-state index contributed by atoms with van der Waals surface area (Å²) in [5, 5.41) is 7.98. The maximum absolute atomic E-state index is 12.8. The quantitative estimate of drug-likeness (QED) is 0.376. The Hall–Kier alpha value is -2.96. The van der Waals surface area contributed by atoms with Crippen molar-refractivity contribution in [2.75, 3.05) is 5.32 Å². The number of carbonyl (C=O) groups is 1. The topological polar surface area (TPSA) is 59.8 Å². The van der Waals surface area contributed by atoms with Crippen LogP contribution in [0.3, 0.4) is 0 Å². The average Bonchev–Trinajstić information content (AvgIpc) is 3.18. The monoisotopic (exact) mass is 480 g/mol. The number of aromatic nitrogens is 3. The van der Waals surface area contributed by atoms with Gasteiger partial charge in [0.25, 0.3) is 5.91 Å². The molecule has 3 aromatic carbocycles. The Morgan fingerprint density at radius 3 is 2.33 bits per heavy atom. The van der Waals surface area contributed by atoms with E-state index in [0.29, 0.717) is 16.5 Å². The minimum Gasteiger partial charge on any atom is -0.319 e. The first-order valence-electron chi connectivity index (χ1n) is 9.28. The van der Waals surface area contributed by atoms with E-state index in [1.165, 1.54) is 5.56 Å². The first kappa shape index (κ1) is 20.3. The maximum Gasteiger partial charge on any atom is 0.295 e. The third-order valence-corrected chi connectivity index (χ3v) is 5.53. The fourth-order valence-electron chi connectivity index (χ4n) is 2.95. The van der Waals surface area contributed by atoms with Gasteiger partial charge in [-0.1, -0.05) is 33.6 Å². The lowest BCUT2D eigenvalue weighted by Gasteiger charge is -2.08.